The minimum atomic E-state index is -0.270. The number of rotatable bonds is 8. The van der Waals surface area contributed by atoms with Crippen molar-refractivity contribution in [3.8, 4) is 11.5 Å². The number of ether oxygens (including phenoxy) is 2. The molecule has 0 saturated heterocycles. The number of carbonyl (C=O) groups is 2. The van der Waals surface area contributed by atoms with Crippen molar-refractivity contribution in [1.82, 2.24) is 5.32 Å². The third-order valence-corrected chi connectivity index (χ3v) is 3.78. The second kappa shape index (κ2) is 10.0. The maximum atomic E-state index is 12.1. The summed E-state index contributed by atoms with van der Waals surface area (Å²) in [4.78, 5) is 24.0. The molecule has 0 radical (unpaired) electrons. The van der Waals surface area contributed by atoms with Gasteiger partial charge in [0.2, 0.25) is 5.91 Å². The maximum absolute atomic E-state index is 12.1. The monoisotopic (exact) mass is 368 g/mol. The molecule has 6 heteroatoms. The lowest BCUT2D eigenvalue weighted by Gasteiger charge is -2.07. The molecule has 2 rings (SSSR count). The number of anilines is 1. The van der Waals surface area contributed by atoms with Crippen LogP contribution in [0.25, 0.3) is 6.08 Å². The molecule has 2 N–H and O–H groups in total. The van der Waals surface area contributed by atoms with Gasteiger partial charge in [0.15, 0.2) is 11.5 Å². The van der Waals surface area contributed by atoms with Gasteiger partial charge in [-0.1, -0.05) is 13.0 Å². The summed E-state index contributed by atoms with van der Waals surface area (Å²) in [6.07, 6.45) is 4.00. The molecule has 2 aromatic rings. The van der Waals surface area contributed by atoms with Gasteiger partial charge in [-0.3, -0.25) is 9.59 Å². The van der Waals surface area contributed by atoms with Gasteiger partial charge in [0.25, 0.3) is 5.91 Å². The Labute approximate surface area is 159 Å². The van der Waals surface area contributed by atoms with Crippen LogP contribution in [0.3, 0.4) is 0 Å². The van der Waals surface area contributed by atoms with Crippen LogP contribution >= 0.6 is 0 Å². The Morgan fingerprint density at radius 1 is 1.00 bits per heavy atom. The van der Waals surface area contributed by atoms with Gasteiger partial charge in [-0.05, 0) is 54.5 Å². The Bertz CT molecular complexity index is 813. The van der Waals surface area contributed by atoms with E-state index in [0.717, 1.165) is 12.0 Å². The van der Waals surface area contributed by atoms with E-state index in [1.165, 1.54) is 6.08 Å². The molecule has 0 aliphatic rings. The summed E-state index contributed by atoms with van der Waals surface area (Å²) in [6, 6.07) is 12.1. The van der Waals surface area contributed by atoms with Gasteiger partial charge < -0.3 is 20.1 Å². The Morgan fingerprint density at radius 3 is 2.33 bits per heavy atom. The van der Waals surface area contributed by atoms with Crippen LogP contribution in [0.5, 0.6) is 11.5 Å². The number of nitrogens with one attached hydrogen (secondary N) is 2. The molecule has 0 fully saturated rings. The van der Waals surface area contributed by atoms with Crippen LogP contribution in [-0.4, -0.2) is 32.6 Å². The van der Waals surface area contributed by atoms with Crippen molar-refractivity contribution in [2.75, 3.05) is 26.1 Å². The molecule has 0 heterocycles. The summed E-state index contributed by atoms with van der Waals surface area (Å²) in [5.74, 6) is 0.829. The van der Waals surface area contributed by atoms with Crippen molar-refractivity contribution >= 4 is 23.6 Å². The van der Waals surface area contributed by atoms with Crippen molar-refractivity contribution in [3.05, 3.63) is 59.7 Å². The van der Waals surface area contributed by atoms with Crippen LogP contribution in [0.4, 0.5) is 5.69 Å². The van der Waals surface area contributed by atoms with E-state index in [4.69, 9.17) is 9.47 Å². The van der Waals surface area contributed by atoms with Crippen LogP contribution in [-0.2, 0) is 4.79 Å². The summed E-state index contributed by atoms with van der Waals surface area (Å²) in [5, 5.41) is 5.57. The summed E-state index contributed by atoms with van der Waals surface area (Å²) in [5.41, 5.74) is 1.98. The van der Waals surface area contributed by atoms with E-state index < -0.39 is 0 Å². The lowest BCUT2D eigenvalue weighted by molar-refractivity contribution is -0.111. The maximum Gasteiger partial charge on any atom is 0.251 e. The molecule has 0 aliphatic carbocycles. The Morgan fingerprint density at radius 2 is 1.70 bits per heavy atom. The summed E-state index contributed by atoms with van der Waals surface area (Å²) in [6.45, 7) is 2.63. The smallest absolute Gasteiger partial charge is 0.251 e. The number of hydrogen-bond donors (Lipinski definition) is 2. The molecule has 6 nitrogen and oxygen atoms in total. The van der Waals surface area contributed by atoms with Crippen LogP contribution in [0, 0.1) is 0 Å². The molecule has 0 saturated carbocycles. The van der Waals surface area contributed by atoms with E-state index in [9.17, 15) is 9.59 Å². The van der Waals surface area contributed by atoms with Gasteiger partial charge in [0.05, 0.1) is 14.2 Å². The summed E-state index contributed by atoms with van der Waals surface area (Å²) < 4.78 is 10.4. The predicted molar refractivity (Wildman–Crippen MR) is 106 cm³/mol. The zero-order valence-electron chi connectivity index (χ0n) is 15.7. The van der Waals surface area contributed by atoms with Gasteiger partial charge in [0, 0.05) is 23.9 Å². The number of benzene rings is 2. The summed E-state index contributed by atoms with van der Waals surface area (Å²) >= 11 is 0. The standard InChI is InChI=1S/C21H24N2O4/c1-4-13-22-21(25)16-7-9-17(10-8-16)23-20(24)12-6-15-5-11-18(26-2)19(14-15)27-3/h5-12,14H,4,13H2,1-3H3,(H,22,25)(H,23,24)/b12-6+. The first-order chi connectivity index (χ1) is 13.1. The highest BCUT2D eigenvalue weighted by molar-refractivity contribution is 6.02. The average molecular weight is 368 g/mol. The highest BCUT2D eigenvalue weighted by Gasteiger charge is 2.06. The molecule has 0 spiro atoms. The second-order valence-corrected chi connectivity index (χ2v) is 5.77. The van der Waals surface area contributed by atoms with E-state index in [2.05, 4.69) is 10.6 Å². The fraction of sp³-hybridized carbons (Fsp3) is 0.238. The third kappa shape index (κ3) is 5.88. The average Bonchev–Trinajstić information content (AvgIpc) is 2.70. The van der Waals surface area contributed by atoms with E-state index in [1.54, 1.807) is 56.7 Å². The fourth-order valence-electron chi connectivity index (χ4n) is 2.36. The van der Waals surface area contributed by atoms with Crippen molar-refractivity contribution in [2.45, 2.75) is 13.3 Å². The molecule has 0 atom stereocenters. The molecular formula is C21H24N2O4. The first-order valence-electron chi connectivity index (χ1n) is 8.66. The van der Waals surface area contributed by atoms with E-state index in [1.807, 2.05) is 13.0 Å². The first kappa shape index (κ1) is 20.0. The minimum absolute atomic E-state index is 0.122. The van der Waals surface area contributed by atoms with Crippen LogP contribution < -0.4 is 20.1 Å². The number of amides is 2. The third-order valence-electron chi connectivity index (χ3n) is 3.78. The van der Waals surface area contributed by atoms with Crippen LogP contribution in [0.2, 0.25) is 0 Å². The zero-order chi connectivity index (χ0) is 19.6. The van der Waals surface area contributed by atoms with E-state index >= 15 is 0 Å². The number of carbonyl (C=O) groups excluding carboxylic acids is 2. The second-order valence-electron chi connectivity index (χ2n) is 5.77. The van der Waals surface area contributed by atoms with Crippen molar-refractivity contribution in [3.63, 3.8) is 0 Å². The molecule has 142 valence electrons. The Balaban J connectivity index is 1.97. The van der Waals surface area contributed by atoms with Gasteiger partial charge in [-0.15, -0.1) is 0 Å². The summed E-state index contributed by atoms with van der Waals surface area (Å²) in [7, 11) is 3.13. The minimum Gasteiger partial charge on any atom is -0.493 e. The van der Waals surface area contributed by atoms with Gasteiger partial charge >= 0.3 is 0 Å². The normalized spacial score (nSPS) is 10.5. The highest BCUT2D eigenvalue weighted by Crippen LogP contribution is 2.27. The molecule has 0 unspecified atom stereocenters. The van der Waals surface area contributed by atoms with Gasteiger partial charge in [-0.2, -0.15) is 0 Å². The molecule has 0 aliphatic heterocycles. The molecule has 27 heavy (non-hydrogen) atoms. The molecule has 2 amide bonds. The molecule has 0 bridgehead atoms. The largest absolute Gasteiger partial charge is 0.493 e. The van der Waals surface area contributed by atoms with Crippen molar-refractivity contribution in [2.24, 2.45) is 0 Å². The SMILES string of the molecule is CCCNC(=O)c1ccc(NC(=O)/C=C/c2ccc(OC)c(OC)c2)cc1. The van der Waals surface area contributed by atoms with E-state index in [0.29, 0.717) is 29.3 Å². The Kier molecular flexibility index (Phi) is 7.43. The highest BCUT2D eigenvalue weighted by atomic mass is 16.5. The lowest BCUT2D eigenvalue weighted by atomic mass is 10.1. The van der Waals surface area contributed by atoms with E-state index in [-0.39, 0.29) is 11.8 Å². The fourth-order valence-corrected chi connectivity index (χ4v) is 2.36. The van der Waals surface area contributed by atoms with Crippen LogP contribution in [0.1, 0.15) is 29.3 Å². The number of hydrogen-bond acceptors (Lipinski definition) is 4. The van der Waals surface area contributed by atoms with Gasteiger partial charge in [-0.25, -0.2) is 0 Å². The number of methoxy groups -OCH3 is 2. The van der Waals surface area contributed by atoms with Gasteiger partial charge in [0.1, 0.15) is 0 Å². The van der Waals surface area contributed by atoms with Crippen molar-refractivity contribution < 1.29 is 19.1 Å². The predicted octanol–water partition coefficient (Wildman–Crippen LogP) is 3.50. The topological polar surface area (TPSA) is 76.7 Å². The van der Waals surface area contributed by atoms with Crippen LogP contribution in [0.15, 0.2) is 48.5 Å². The zero-order valence-corrected chi connectivity index (χ0v) is 15.7. The first-order valence-corrected chi connectivity index (χ1v) is 8.66. The Hall–Kier alpha value is -3.28. The molecular weight excluding hydrogens is 344 g/mol. The lowest BCUT2D eigenvalue weighted by Crippen LogP contribution is -2.23. The quantitative estimate of drug-likeness (QED) is 0.699. The molecule has 2 aromatic carbocycles. The molecule has 0 aromatic heterocycles. The van der Waals surface area contributed by atoms with Crippen molar-refractivity contribution in [1.29, 1.82) is 0 Å².